The van der Waals surface area contributed by atoms with Crippen LogP contribution < -0.4 is 5.32 Å². The van der Waals surface area contributed by atoms with Gasteiger partial charge >= 0.3 is 0 Å². The molecule has 0 saturated heterocycles. The van der Waals surface area contributed by atoms with Gasteiger partial charge in [0.05, 0.1) is 11.6 Å². The quantitative estimate of drug-likeness (QED) is 0.936. The molecule has 0 spiro atoms. The molecule has 1 amide bonds. The topological polar surface area (TPSA) is 42.0 Å². The lowest BCUT2D eigenvalue weighted by Gasteiger charge is -2.11. The van der Waals surface area contributed by atoms with Gasteiger partial charge in [-0.2, -0.15) is 0 Å². The van der Waals surface area contributed by atoms with Crippen LogP contribution in [0.3, 0.4) is 0 Å². The molecule has 0 aliphatic heterocycles. The first-order chi connectivity index (χ1) is 8.58. The molecule has 94 valence electrons. The maximum absolute atomic E-state index is 13.5. The van der Waals surface area contributed by atoms with E-state index in [-0.39, 0.29) is 11.6 Å². The monoisotopic (exact) mass is 328 g/mol. The highest BCUT2D eigenvalue weighted by Gasteiger charge is 2.16. The van der Waals surface area contributed by atoms with Gasteiger partial charge in [-0.1, -0.05) is 15.9 Å². The van der Waals surface area contributed by atoms with Crippen LogP contribution in [0.2, 0.25) is 0 Å². The molecule has 0 radical (unpaired) electrons. The molecule has 0 bridgehead atoms. The fourth-order valence-corrected chi connectivity index (χ4v) is 2.46. The number of hydrogen-bond acceptors (Lipinski definition) is 3. The highest BCUT2D eigenvalue weighted by molar-refractivity contribution is 9.10. The number of hydrogen-bond donors (Lipinski definition) is 1. The molecule has 18 heavy (non-hydrogen) atoms. The normalized spacial score (nSPS) is 12.2. The molecule has 2 rings (SSSR count). The van der Waals surface area contributed by atoms with Gasteiger partial charge in [0.2, 0.25) is 0 Å². The Morgan fingerprint density at radius 3 is 3.00 bits per heavy atom. The van der Waals surface area contributed by atoms with Crippen molar-refractivity contribution in [3.05, 3.63) is 50.6 Å². The van der Waals surface area contributed by atoms with Crippen LogP contribution in [-0.2, 0) is 0 Å². The highest BCUT2D eigenvalue weighted by atomic mass is 79.9. The zero-order valence-corrected chi connectivity index (χ0v) is 11.9. The molecular weight excluding hydrogens is 319 g/mol. The zero-order chi connectivity index (χ0) is 13.1. The Morgan fingerprint density at radius 1 is 1.56 bits per heavy atom. The SMILES string of the molecule is CC(NC(=O)c1cc(Br)ccc1F)c1nccs1. The maximum atomic E-state index is 13.5. The lowest BCUT2D eigenvalue weighted by Crippen LogP contribution is -2.27. The molecule has 1 N–H and O–H groups in total. The standard InChI is InChI=1S/C12H10BrFN2OS/c1-7(12-15-4-5-18-12)16-11(17)9-6-8(13)2-3-10(9)14/h2-7H,1H3,(H,16,17). The van der Waals surface area contributed by atoms with Crippen LogP contribution in [0.1, 0.15) is 28.3 Å². The molecule has 6 heteroatoms. The van der Waals surface area contributed by atoms with Gasteiger partial charge in [-0.15, -0.1) is 11.3 Å². The Kier molecular flexibility index (Phi) is 4.08. The molecule has 1 heterocycles. The van der Waals surface area contributed by atoms with E-state index in [1.165, 1.54) is 23.5 Å². The van der Waals surface area contributed by atoms with E-state index in [2.05, 4.69) is 26.2 Å². The number of rotatable bonds is 3. The summed E-state index contributed by atoms with van der Waals surface area (Å²) in [6.45, 7) is 1.81. The second-order valence-corrected chi connectivity index (χ2v) is 5.53. The fraction of sp³-hybridized carbons (Fsp3) is 0.167. The van der Waals surface area contributed by atoms with Crippen LogP contribution in [-0.4, -0.2) is 10.9 Å². The Balaban J connectivity index is 2.15. The molecule has 3 nitrogen and oxygen atoms in total. The van der Waals surface area contributed by atoms with Crippen molar-refractivity contribution >= 4 is 33.2 Å². The first-order valence-corrected chi connectivity index (χ1v) is 6.90. The summed E-state index contributed by atoms with van der Waals surface area (Å²) < 4.78 is 14.2. The smallest absolute Gasteiger partial charge is 0.254 e. The van der Waals surface area contributed by atoms with Gasteiger partial charge in [0.1, 0.15) is 10.8 Å². The van der Waals surface area contributed by atoms with Crippen molar-refractivity contribution in [2.45, 2.75) is 13.0 Å². The van der Waals surface area contributed by atoms with Crippen molar-refractivity contribution in [2.75, 3.05) is 0 Å². The van der Waals surface area contributed by atoms with E-state index in [1.807, 2.05) is 12.3 Å². The highest BCUT2D eigenvalue weighted by Crippen LogP contribution is 2.18. The van der Waals surface area contributed by atoms with Crippen LogP contribution in [0, 0.1) is 5.82 Å². The van der Waals surface area contributed by atoms with Crippen LogP contribution in [0.25, 0.3) is 0 Å². The van der Waals surface area contributed by atoms with Crippen LogP contribution in [0.15, 0.2) is 34.2 Å². The van der Waals surface area contributed by atoms with Crippen molar-refractivity contribution in [3.8, 4) is 0 Å². The van der Waals surface area contributed by atoms with E-state index < -0.39 is 11.7 Å². The number of benzene rings is 1. The Morgan fingerprint density at radius 2 is 2.33 bits per heavy atom. The molecule has 0 fully saturated rings. The molecule has 1 aromatic heterocycles. The van der Waals surface area contributed by atoms with Crippen LogP contribution in [0.5, 0.6) is 0 Å². The number of aromatic nitrogens is 1. The third-order valence-corrected chi connectivity index (χ3v) is 3.79. The summed E-state index contributed by atoms with van der Waals surface area (Å²) in [7, 11) is 0. The number of carbonyl (C=O) groups excluding carboxylic acids is 1. The number of nitrogens with one attached hydrogen (secondary N) is 1. The molecule has 2 aromatic rings. The molecule has 1 atom stereocenters. The Bertz CT molecular complexity index is 559. The third-order valence-electron chi connectivity index (χ3n) is 2.34. The van der Waals surface area contributed by atoms with Gasteiger partial charge in [-0.25, -0.2) is 9.37 Å². The largest absolute Gasteiger partial charge is 0.343 e. The van der Waals surface area contributed by atoms with Crippen LogP contribution in [0.4, 0.5) is 4.39 Å². The Hall–Kier alpha value is -1.27. The lowest BCUT2D eigenvalue weighted by atomic mass is 10.2. The van der Waals surface area contributed by atoms with Crippen molar-refractivity contribution in [1.29, 1.82) is 0 Å². The van der Waals surface area contributed by atoms with E-state index >= 15 is 0 Å². The van der Waals surface area contributed by atoms with Gasteiger partial charge in [0, 0.05) is 16.0 Å². The number of amides is 1. The van der Waals surface area contributed by atoms with Gasteiger partial charge in [0.15, 0.2) is 0 Å². The first kappa shape index (κ1) is 13.2. The molecule has 1 unspecified atom stereocenters. The Labute approximate surface area is 116 Å². The molecular formula is C12H10BrFN2OS. The van der Waals surface area contributed by atoms with Crippen molar-refractivity contribution in [1.82, 2.24) is 10.3 Å². The fourth-order valence-electron chi connectivity index (χ4n) is 1.46. The minimum Gasteiger partial charge on any atom is -0.343 e. The average molecular weight is 329 g/mol. The predicted octanol–water partition coefficient (Wildman–Crippen LogP) is 3.54. The minimum atomic E-state index is -0.540. The predicted molar refractivity (Wildman–Crippen MR) is 72.1 cm³/mol. The van der Waals surface area contributed by atoms with Crippen LogP contribution >= 0.6 is 27.3 Å². The molecule has 1 aromatic carbocycles. The number of thiazole rings is 1. The van der Waals surface area contributed by atoms with E-state index in [9.17, 15) is 9.18 Å². The van der Waals surface area contributed by atoms with E-state index in [0.29, 0.717) is 4.47 Å². The van der Waals surface area contributed by atoms with Gasteiger partial charge in [0.25, 0.3) is 5.91 Å². The number of nitrogens with zero attached hydrogens (tertiary/aromatic N) is 1. The van der Waals surface area contributed by atoms with E-state index in [4.69, 9.17) is 0 Å². The van der Waals surface area contributed by atoms with Crippen molar-refractivity contribution in [2.24, 2.45) is 0 Å². The summed E-state index contributed by atoms with van der Waals surface area (Å²) in [6, 6.07) is 4.03. The van der Waals surface area contributed by atoms with Gasteiger partial charge < -0.3 is 5.32 Å². The van der Waals surface area contributed by atoms with Gasteiger partial charge in [-0.3, -0.25) is 4.79 Å². The number of halogens is 2. The molecule has 0 saturated carbocycles. The molecule has 0 aliphatic rings. The maximum Gasteiger partial charge on any atom is 0.254 e. The average Bonchev–Trinajstić information content (AvgIpc) is 2.85. The summed E-state index contributed by atoms with van der Waals surface area (Å²) in [5.41, 5.74) is 0.0211. The van der Waals surface area contributed by atoms with E-state index in [1.54, 1.807) is 12.3 Å². The van der Waals surface area contributed by atoms with Crippen molar-refractivity contribution < 1.29 is 9.18 Å². The second kappa shape index (κ2) is 5.58. The van der Waals surface area contributed by atoms with Gasteiger partial charge in [-0.05, 0) is 25.1 Å². The summed E-state index contributed by atoms with van der Waals surface area (Å²) in [4.78, 5) is 16.0. The van der Waals surface area contributed by atoms with Crippen molar-refractivity contribution in [3.63, 3.8) is 0 Å². The first-order valence-electron chi connectivity index (χ1n) is 5.23. The summed E-state index contributed by atoms with van der Waals surface area (Å²) in [5.74, 6) is -0.987. The molecule has 0 aliphatic carbocycles. The summed E-state index contributed by atoms with van der Waals surface area (Å²) in [6.07, 6.45) is 1.67. The zero-order valence-electron chi connectivity index (χ0n) is 9.48. The minimum absolute atomic E-state index is 0.0211. The lowest BCUT2D eigenvalue weighted by molar-refractivity contribution is 0.0935. The summed E-state index contributed by atoms with van der Waals surface area (Å²) >= 11 is 4.66. The summed E-state index contributed by atoms with van der Waals surface area (Å²) in [5, 5.41) is 5.34. The van der Waals surface area contributed by atoms with E-state index in [0.717, 1.165) is 5.01 Å². The number of carbonyl (C=O) groups is 1. The third kappa shape index (κ3) is 2.94. The second-order valence-electron chi connectivity index (χ2n) is 3.69.